The molecule has 5 nitrogen and oxygen atoms in total. The number of hydrogen-bond acceptors (Lipinski definition) is 4. The van der Waals surface area contributed by atoms with Crippen LogP contribution in [0.2, 0.25) is 0 Å². The van der Waals surface area contributed by atoms with Crippen molar-refractivity contribution in [1.29, 1.82) is 0 Å². The fourth-order valence-corrected chi connectivity index (χ4v) is 3.28. The molecule has 1 aromatic heterocycles. The third kappa shape index (κ3) is 2.97. The van der Waals surface area contributed by atoms with Crippen LogP contribution in [0.3, 0.4) is 0 Å². The van der Waals surface area contributed by atoms with Gasteiger partial charge in [-0.2, -0.15) is 0 Å². The highest BCUT2D eigenvalue weighted by atomic mass is 16.7. The average Bonchev–Trinajstić information content (AvgIpc) is 3.04. The van der Waals surface area contributed by atoms with E-state index in [0.29, 0.717) is 6.79 Å². The standard InChI is InChI=1S/C18H22N3O2/c1-19-7-3-2-4-18(19)21-10-8-20(9-11-21)13-15-5-6-16-17(12-15)23-14-22-16/h2-7,12H,8-11,13-14H2,1H3/q+1. The molecule has 3 heterocycles. The minimum absolute atomic E-state index is 0.339. The number of piperazine rings is 1. The predicted molar refractivity (Wildman–Crippen MR) is 87.7 cm³/mol. The summed E-state index contributed by atoms with van der Waals surface area (Å²) in [4.78, 5) is 4.95. The summed E-state index contributed by atoms with van der Waals surface area (Å²) < 4.78 is 13.0. The minimum Gasteiger partial charge on any atom is -0.454 e. The van der Waals surface area contributed by atoms with Crippen LogP contribution in [0.25, 0.3) is 0 Å². The molecule has 4 rings (SSSR count). The van der Waals surface area contributed by atoms with Gasteiger partial charge >= 0.3 is 0 Å². The quantitative estimate of drug-likeness (QED) is 0.805. The number of pyridine rings is 1. The second kappa shape index (κ2) is 6.08. The lowest BCUT2D eigenvalue weighted by molar-refractivity contribution is -0.659. The monoisotopic (exact) mass is 312 g/mol. The normalized spacial score (nSPS) is 17.5. The zero-order chi connectivity index (χ0) is 15.6. The summed E-state index contributed by atoms with van der Waals surface area (Å²) >= 11 is 0. The SMILES string of the molecule is C[n+]1ccccc1N1CCN(Cc2ccc3c(c2)OCO3)CC1. The van der Waals surface area contributed by atoms with Gasteiger partial charge in [0.15, 0.2) is 11.5 Å². The summed E-state index contributed by atoms with van der Waals surface area (Å²) in [5.74, 6) is 3.02. The average molecular weight is 312 g/mol. The maximum Gasteiger partial charge on any atom is 0.276 e. The number of hydrogen-bond donors (Lipinski definition) is 0. The highest BCUT2D eigenvalue weighted by molar-refractivity contribution is 5.44. The molecule has 0 spiro atoms. The van der Waals surface area contributed by atoms with E-state index in [-0.39, 0.29) is 0 Å². The lowest BCUT2D eigenvalue weighted by Crippen LogP contribution is -2.50. The Morgan fingerprint density at radius 3 is 2.65 bits per heavy atom. The molecule has 120 valence electrons. The number of anilines is 1. The molecular formula is C18H22N3O2+. The number of fused-ring (bicyclic) bond motifs is 1. The first-order valence-electron chi connectivity index (χ1n) is 8.10. The molecule has 2 aliphatic heterocycles. The zero-order valence-corrected chi connectivity index (χ0v) is 13.4. The van der Waals surface area contributed by atoms with Gasteiger partial charge in [-0.25, -0.2) is 4.57 Å². The van der Waals surface area contributed by atoms with Crippen molar-refractivity contribution in [3.8, 4) is 11.5 Å². The van der Waals surface area contributed by atoms with Gasteiger partial charge in [-0.3, -0.25) is 9.80 Å². The number of ether oxygens (including phenoxy) is 2. The molecular weight excluding hydrogens is 290 g/mol. The third-order valence-corrected chi connectivity index (χ3v) is 4.57. The van der Waals surface area contributed by atoms with Crippen LogP contribution in [-0.2, 0) is 13.6 Å². The van der Waals surface area contributed by atoms with Crippen LogP contribution in [-0.4, -0.2) is 37.9 Å². The van der Waals surface area contributed by atoms with E-state index in [0.717, 1.165) is 44.2 Å². The second-order valence-electron chi connectivity index (χ2n) is 6.12. The lowest BCUT2D eigenvalue weighted by Gasteiger charge is -2.31. The van der Waals surface area contributed by atoms with E-state index in [1.807, 2.05) is 6.07 Å². The van der Waals surface area contributed by atoms with Crippen molar-refractivity contribution in [1.82, 2.24) is 4.90 Å². The Balaban J connectivity index is 1.37. The van der Waals surface area contributed by atoms with Gasteiger partial charge < -0.3 is 9.47 Å². The summed E-state index contributed by atoms with van der Waals surface area (Å²) in [6.07, 6.45) is 2.11. The Morgan fingerprint density at radius 2 is 1.83 bits per heavy atom. The van der Waals surface area contributed by atoms with Crippen molar-refractivity contribution in [2.24, 2.45) is 7.05 Å². The molecule has 5 heteroatoms. The van der Waals surface area contributed by atoms with Crippen LogP contribution in [0.4, 0.5) is 5.82 Å². The van der Waals surface area contributed by atoms with E-state index in [9.17, 15) is 0 Å². The maximum absolute atomic E-state index is 5.46. The summed E-state index contributed by atoms with van der Waals surface area (Å²) in [5.41, 5.74) is 1.29. The first kappa shape index (κ1) is 14.3. The van der Waals surface area contributed by atoms with E-state index in [2.05, 4.69) is 57.9 Å². The molecule has 1 fully saturated rings. The van der Waals surface area contributed by atoms with Crippen molar-refractivity contribution in [3.63, 3.8) is 0 Å². The lowest BCUT2D eigenvalue weighted by atomic mass is 10.1. The number of nitrogens with zero attached hydrogens (tertiary/aromatic N) is 3. The summed E-state index contributed by atoms with van der Waals surface area (Å²) in [5, 5.41) is 0. The molecule has 0 radical (unpaired) electrons. The number of rotatable bonds is 3. The van der Waals surface area contributed by atoms with Crippen LogP contribution in [0, 0.1) is 0 Å². The van der Waals surface area contributed by atoms with Crippen LogP contribution in [0.5, 0.6) is 11.5 Å². The topological polar surface area (TPSA) is 28.8 Å². The summed E-state index contributed by atoms with van der Waals surface area (Å²) in [6, 6.07) is 12.6. The van der Waals surface area contributed by atoms with Crippen molar-refractivity contribution in [2.45, 2.75) is 6.54 Å². The van der Waals surface area contributed by atoms with Gasteiger partial charge in [0.1, 0.15) is 0 Å². The Hall–Kier alpha value is -2.27. The Labute approximate surface area is 136 Å². The largest absolute Gasteiger partial charge is 0.454 e. The molecule has 0 unspecified atom stereocenters. The highest BCUT2D eigenvalue weighted by Crippen LogP contribution is 2.32. The number of benzene rings is 1. The van der Waals surface area contributed by atoms with Crippen LogP contribution >= 0.6 is 0 Å². The molecule has 1 aromatic carbocycles. The van der Waals surface area contributed by atoms with Gasteiger partial charge in [-0.05, 0) is 23.8 Å². The van der Waals surface area contributed by atoms with Crippen LogP contribution < -0.4 is 18.9 Å². The van der Waals surface area contributed by atoms with Crippen molar-refractivity contribution in [3.05, 3.63) is 48.2 Å². The molecule has 1 saturated heterocycles. The van der Waals surface area contributed by atoms with Gasteiger partial charge in [-0.15, -0.1) is 0 Å². The predicted octanol–water partition coefficient (Wildman–Crippen LogP) is 1.56. The van der Waals surface area contributed by atoms with Gasteiger partial charge in [0.05, 0.1) is 26.3 Å². The van der Waals surface area contributed by atoms with E-state index >= 15 is 0 Å². The van der Waals surface area contributed by atoms with Gasteiger partial charge in [0, 0.05) is 25.7 Å². The second-order valence-corrected chi connectivity index (χ2v) is 6.12. The molecule has 23 heavy (non-hydrogen) atoms. The molecule has 0 amide bonds. The fourth-order valence-electron chi connectivity index (χ4n) is 3.28. The van der Waals surface area contributed by atoms with Gasteiger partial charge in [-0.1, -0.05) is 12.1 Å². The third-order valence-electron chi connectivity index (χ3n) is 4.57. The molecule has 0 atom stereocenters. The first-order valence-corrected chi connectivity index (χ1v) is 8.10. The van der Waals surface area contributed by atoms with Crippen molar-refractivity contribution < 1.29 is 14.0 Å². The Kier molecular flexibility index (Phi) is 3.79. The van der Waals surface area contributed by atoms with E-state index in [1.54, 1.807) is 0 Å². The van der Waals surface area contributed by atoms with E-state index in [4.69, 9.17) is 9.47 Å². The number of aryl methyl sites for hydroxylation is 1. The molecule has 0 bridgehead atoms. The minimum atomic E-state index is 0.339. The van der Waals surface area contributed by atoms with Crippen LogP contribution in [0.1, 0.15) is 5.56 Å². The maximum atomic E-state index is 5.46. The molecule has 0 aliphatic carbocycles. The Bertz CT molecular complexity index is 696. The van der Waals surface area contributed by atoms with E-state index < -0.39 is 0 Å². The summed E-state index contributed by atoms with van der Waals surface area (Å²) in [6.45, 7) is 5.56. The highest BCUT2D eigenvalue weighted by Gasteiger charge is 2.24. The zero-order valence-electron chi connectivity index (χ0n) is 13.4. The fraction of sp³-hybridized carbons (Fsp3) is 0.389. The Morgan fingerprint density at radius 1 is 1.00 bits per heavy atom. The van der Waals surface area contributed by atoms with Gasteiger partial charge in [0.25, 0.3) is 5.82 Å². The smallest absolute Gasteiger partial charge is 0.276 e. The molecule has 0 N–H and O–H groups in total. The molecule has 2 aliphatic rings. The number of aromatic nitrogens is 1. The molecule has 0 saturated carbocycles. The first-order chi connectivity index (χ1) is 11.3. The summed E-state index contributed by atoms with van der Waals surface area (Å²) in [7, 11) is 2.11. The van der Waals surface area contributed by atoms with Crippen LogP contribution in [0.15, 0.2) is 42.6 Å². The van der Waals surface area contributed by atoms with Gasteiger partial charge in [0.2, 0.25) is 6.79 Å². The molecule has 2 aromatic rings. The van der Waals surface area contributed by atoms with Crippen molar-refractivity contribution >= 4 is 5.82 Å². The van der Waals surface area contributed by atoms with Crippen molar-refractivity contribution in [2.75, 3.05) is 37.9 Å². The van der Waals surface area contributed by atoms with E-state index in [1.165, 1.54) is 11.4 Å².